The molecule has 6 rings (SSSR count). The van der Waals surface area contributed by atoms with E-state index in [0.29, 0.717) is 30.4 Å². The van der Waals surface area contributed by atoms with Gasteiger partial charge in [0.1, 0.15) is 22.6 Å². The van der Waals surface area contributed by atoms with Crippen molar-refractivity contribution in [3.63, 3.8) is 0 Å². The second-order valence-electron chi connectivity index (χ2n) is 20.4. The zero-order valence-electron chi connectivity index (χ0n) is 46.0. The van der Waals surface area contributed by atoms with Crippen LogP contribution in [0.1, 0.15) is 143 Å². The van der Waals surface area contributed by atoms with E-state index in [1.165, 1.54) is 49.4 Å². The third kappa shape index (κ3) is 16.9. The lowest BCUT2D eigenvalue weighted by molar-refractivity contribution is -0.139. The highest BCUT2D eigenvalue weighted by molar-refractivity contribution is 6.13. The third-order valence-corrected chi connectivity index (χ3v) is 13.8. The van der Waals surface area contributed by atoms with Crippen LogP contribution < -0.4 is 25.1 Å². The van der Waals surface area contributed by atoms with Crippen molar-refractivity contribution in [2.75, 3.05) is 30.6 Å². The molecule has 0 spiro atoms. The third-order valence-electron chi connectivity index (χ3n) is 13.6. The van der Waals surface area contributed by atoms with Crippen molar-refractivity contribution in [3.05, 3.63) is 99.8 Å². The number of carboxylic acid groups (broad SMARTS) is 1. The molecule has 0 unspecified atom stereocenters. The number of pyridine rings is 2. The highest BCUT2D eigenvalue weighted by Gasteiger charge is 2.39. The first kappa shape index (κ1) is 64.1. The number of anilines is 2. The number of amides is 3. The molecule has 2 heterocycles. The average Bonchev–Trinajstić information content (AvgIpc) is 3.45. The largest absolute Gasteiger partial charge is 0.517 e. The minimum absolute atomic E-state index is 0.0197. The monoisotopic (exact) mass is 1150 g/mol. The minimum atomic E-state index is -4.85. The molecule has 2 aromatic carbocycles. The van der Waals surface area contributed by atoms with Crippen LogP contribution in [-0.2, 0) is 44.5 Å². The maximum atomic E-state index is 13.9. The number of benzene rings is 2. The van der Waals surface area contributed by atoms with Crippen molar-refractivity contribution in [1.29, 1.82) is 0 Å². The number of aromatic nitrogens is 2. The summed E-state index contributed by atoms with van der Waals surface area (Å²) in [4.78, 5) is 75.6. The molecule has 18 nitrogen and oxygen atoms in total. The molecular weight excluding hydrogens is 1080 g/mol. The zero-order chi connectivity index (χ0) is 59.4. The van der Waals surface area contributed by atoms with Gasteiger partial charge in [-0.05, 0) is 169 Å². The fraction of sp³-hybridized carbons (Fsp3) is 0.509. The number of aromatic carboxylic acids is 1. The lowest BCUT2D eigenvalue weighted by Crippen LogP contribution is -2.43. The molecule has 2 aromatic heterocycles. The highest BCUT2D eigenvalue weighted by Crippen LogP contribution is 2.42. The summed E-state index contributed by atoms with van der Waals surface area (Å²) in [5.41, 5.74) is 1.13. The Morgan fingerprint density at radius 2 is 1.11 bits per heavy atom. The van der Waals surface area contributed by atoms with Crippen molar-refractivity contribution >= 4 is 53.0 Å². The van der Waals surface area contributed by atoms with Crippen LogP contribution >= 0.6 is 11.8 Å². The molecule has 3 N–H and O–H groups in total. The fourth-order valence-corrected chi connectivity index (χ4v) is 9.59. The lowest BCUT2D eigenvalue weighted by Gasteiger charge is -2.34. The normalized spacial score (nSPS) is 17.5. The van der Waals surface area contributed by atoms with Crippen LogP contribution in [0.15, 0.2) is 60.9 Å². The first-order valence-corrected chi connectivity index (χ1v) is 26.4. The second-order valence-corrected chi connectivity index (χ2v) is 20.8. The van der Waals surface area contributed by atoms with Crippen LogP contribution in [-0.4, -0.2) is 87.2 Å². The number of rotatable bonds is 18. The van der Waals surface area contributed by atoms with E-state index in [4.69, 9.17) is 36.6 Å². The van der Waals surface area contributed by atoms with E-state index < -0.39 is 53.3 Å². The molecule has 80 heavy (non-hydrogen) atoms. The summed E-state index contributed by atoms with van der Waals surface area (Å²) in [5, 5.41) is 9.97. The molecule has 2 aliphatic carbocycles. The van der Waals surface area contributed by atoms with E-state index >= 15 is 0 Å². The van der Waals surface area contributed by atoms with E-state index in [-0.39, 0.29) is 94.9 Å². The Balaban J connectivity index is 0.000000294. The summed E-state index contributed by atoms with van der Waals surface area (Å²) in [5.74, 6) is 1.50. The second kappa shape index (κ2) is 28.1. The number of hydrogen-bond donors (Lipinski definition) is 2. The van der Waals surface area contributed by atoms with Crippen molar-refractivity contribution in [2.45, 2.75) is 137 Å². The zero-order valence-corrected chi connectivity index (χ0v) is 46.7. The number of ether oxygens (including phenoxy) is 4. The summed E-state index contributed by atoms with van der Waals surface area (Å²) in [6.45, 7) is 12.8. The Kier molecular flexibility index (Phi) is 22.5. The van der Waals surface area contributed by atoms with Crippen LogP contribution in [0, 0.1) is 23.7 Å². The number of carbonyl (C=O) groups is 5. The number of nitrogens with two attached hydrogens (primary N) is 1. The standard InChI is InChI=1S/C29H36F3N3O6.C26H32ClF3N5O4/c1-6-40-28(39)34(5)16-19-13-23(29(30,31)32)25(33-15-19)41-21-11-12-24(22(14-21)27(37)38)35(17(2)3)26(36)20-9-7-18(4)8-10-20;1-15(2)35(24(36)18-7-5-16(3)6-8-18)22-10-9-19(12-20(22)25(37)38-4)39-23-21(26(28,29)30)11-17(13-32-23)14-34(27)33-31/h11-15,17-18,20H,6-10,16H2,1-5H3,(H,37,38);9-13,15-16,18H,5-8,14,31H2,1-4H3/q;-1. The average molecular weight is 1150 g/mol. The highest BCUT2D eigenvalue weighted by atomic mass is 35.5. The minimum Gasteiger partial charge on any atom is -0.517 e. The Morgan fingerprint density at radius 1 is 0.700 bits per heavy atom. The van der Waals surface area contributed by atoms with Gasteiger partial charge in [-0.25, -0.2) is 24.4 Å². The van der Waals surface area contributed by atoms with Gasteiger partial charge in [-0.3, -0.25) is 9.59 Å². The number of alkyl halides is 6. The smallest absolute Gasteiger partial charge is 0.421 e. The maximum absolute atomic E-state index is 13.9. The number of halogens is 7. The van der Waals surface area contributed by atoms with Crippen LogP contribution in [0.4, 0.5) is 42.5 Å². The molecule has 2 aliphatic rings. The number of carboxylic acids is 1. The van der Waals surface area contributed by atoms with E-state index in [2.05, 4.69) is 29.4 Å². The Hall–Kier alpha value is -6.76. The number of hydrogen-bond acceptors (Lipinski definition) is 13. The topological polar surface area (TPSA) is 221 Å². The van der Waals surface area contributed by atoms with Gasteiger partial charge in [0.05, 0.1) is 42.8 Å². The molecule has 0 aliphatic heterocycles. The molecule has 25 heteroatoms. The quantitative estimate of drug-likeness (QED) is 0.0311. The van der Waals surface area contributed by atoms with Crippen molar-refractivity contribution < 1.29 is 74.4 Å². The molecule has 0 radical (unpaired) electrons. The predicted octanol–water partition coefficient (Wildman–Crippen LogP) is 13.1. The van der Waals surface area contributed by atoms with Gasteiger partial charge in [0.25, 0.3) is 0 Å². The molecular formula is C55H68ClF6N8O10-. The first-order chi connectivity index (χ1) is 37.6. The number of nitrogens with zero attached hydrogens (tertiary/aromatic N) is 7. The van der Waals surface area contributed by atoms with E-state index in [9.17, 15) is 55.4 Å². The maximum Gasteiger partial charge on any atom is 0.421 e. The van der Waals surface area contributed by atoms with Crippen molar-refractivity contribution in [1.82, 2.24) is 19.4 Å². The van der Waals surface area contributed by atoms with Gasteiger partial charge in [0.2, 0.25) is 23.6 Å². The van der Waals surface area contributed by atoms with Crippen molar-refractivity contribution in [3.8, 4) is 23.3 Å². The van der Waals surface area contributed by atoms with Gasteiger partial charge in [0, 0.05) is 49.9 Å². The SMILES string of the molecule is CCOC(=O)N(C)Cc1cnc(Oc2ccc(N(C(=O)C3CCC(C)CC3)C(C)C)c(C(=O)O)c2)c(C(F)(F)F)c1.COC(=O)c1cc(Oc2ncc(CN(Cl)[N-]N)cc2C(F)(F)F)ccc1N(C(=O)C1CCC(C)CC1)C(C)C. The van der Waals surface area contributed by atoms with Crippen LogP contribution in [0.5, 0.6) is 23.3 Å². The Labute approximate surface area is 465 Å². The van der Waals surface area contributed by atoms with Crippen LogP contribution in [0.2, 0.25) is 0 Å². The number of methoxy groups -OCH3 is 1. The van der Waals surface area contributed by atoms with Gasteiger partial charge in [0.15, 0.2) is 0 Å². The van der Waals surface area contributed by atoms with Crippen molar-refractivity contribution in [2.24, 2.45) is 29.5 Å². The van der Waals surface area contributed by atoms with Gasteiger partial charge >= 0.3 is 30.4 Å². The fourth-order valence-electron chi connectivity index (χ4n) is 9.45. The molecule has 2 fully saturated rings. The summed E-state index contributed by atoms with van der Waals surface area (Å²) < 4.78 is 105. The van der Waals surface area contributed by atoms with E-state index in [0.717, 1.165) is 78.5 Å². The van der Waals surface area contributed by atoms with Gasteiger partial charge in [-0.2, -0.15) is 26.3 Å². The predicted molar refractivity (Wildman–Crippen MR) is 285 cm³/mol. The molecule has 438 valence electrons. The number of esters is 1. The summed E-state index contributed by atoms with van der Waals surface area (Å²) in [6, 6.07) is 8.87. The number of carbonyl (C=O) groups excluding carboxylic acids is 4. The first-order valence-electron chi connectivity index (χ1n) is 26.0. The molecule has 0 saturated heterocycles. The summed E-state index contributed by atoms with van der Waals surface area (Å²) in [6.07, 6.45) is -1.45. The van der Waals surface area contributed by atoms with Gasteiger partial charge in [-0.1, -0.05) is 13.8 Å². The molecule has 2 saturated carbocycles. The summed E-state index contributed by atoms with van der Waals surface area (Å²) >= 11 is 5.67. The van der Waals surface area contributed by atoms with E-state index in [1.807, 2.05) is 13.8 Å². The van der Waals surface area contributed by atoms with E-state index in [1.54, 1.807) is 25.7 Å². The van der Waals surface area contributed by atoms with Gasteiger partial charge < -0.3 is 54.7 Å². The molecule has 0 atom stereocenters. The lowest BCUT2D eigenvalue weighted by atomic mass is 9.82. The summed E-state index contributed by atoms with van der Waals surface area (Å²) in [7, 11) is 2.56. The van der Waals surface area contributed by atoms with Crippen LogP contribution in [0.25, 0.3) is 5.53 Å². The molecule has 0 bridgehead atoms. The molecule has 4 aromatic rings. The molecule has 3 amide bonds. The Morgan fingerprint density at radius 3 is 1.49 bits per heavy atom. The van der Waals surface area contributed by atoms with Crippen LogP contribution in [0.3, 0.4) is 0 Å². The van der Waals surface area contributed by atoms with Gasteiger partial charge in [-0.15, -0.1) is 0 Å². The Bertz CT molecular complexity index is 2810.